The first-order valence-corrected chi connectivity index (χ1v) is 6.61. The topological polar surface area (TPSA) is 86.5 Å². The van der Waals surface area contributed by atoms with Crippen molar-refractivity contribution < 1.29 is 17.5 Å². The van der Waals surface area contributed by atoms with Crippen LogP contribution < -0.4 is 4.18 Å². The lowest BCUT2D eigenvalue weighted by molar-refractivity contribution is -0.386. The minimum atomic E-state index is -3.76. The van der Waals surface area contributed by atoms with E-state index in [1.165, 1.54) is 25.1 Å². The summed E-state index contributed by atoms with van der Waals surface area (Å²) >= 11 is 0. The third-order valence-electron chi connectivity index (χ3n) is 2.05. The van der Waals surface area contributed by atoms with Gasteiger partial charge in [0.2, 0.25) is 5.75 Å². The van der Waals surface area contributed by atoms with Gasteiger partial charge in [-0.2, -0.15) is 8.42 Å². The van der Waals surface area contributed by atoms with E-state index in [4.69, 9.17) is 4.18 Å². The van der Waals surface area contributed by atoms with E-state index >= 15 is 0 Å². The summed E-state index contributed by atoms with van der Waals surface area (Å²) < 4.78 is 27.6. The number of benzene rings is 1. The molecule has 0 spiro atoms. The molecule has 17 heavy (non-hydrogen) atoms. The lowest BCUT2D eigenvalue weighted by Gasteiger charge is -2.07. The van der Waals surface area contributed by atoms with Crippen molar-refractivity contribution in [3.63, 3.8) is 0 Å². The number of hydrogen-bond acceptors (Lipinski definition) is 5. The normalized spacial score (nSPS) is 11.2. The van der Waals surface area contributed by atoms with Gasteiger partial charge in [0.25, 0.3) is 0 Å². The van der Waals surface area contributed by atoms with Crippen LogP contribution in [0.2, 0.25) is 0 Å². The summed E-state index contributed by atoms with van der Waals surface area (Å²) in [5.41, 5.74) is 0.0476. The van der Waals surface area contributed by atoms with Gasteiger partial charge in [0.1, 0.15) is 0 Å². The summed E-state index contributed by atoms with van der Waals surface area (Å²) in [6, 6.07) is 4.31. The van der Waals surface area contributed by atoms with Crippen LogP contribution in [0.4, 0.5) is 5.69 Å². The fraction of sp³-hybridized carbons (Fsp3) is 0.400. The third-order valence-corrected chi connectivity index (χ3v) is 3.40. The number of aryl methyl sites for hydroxylation is 1. The fourth-order valence-corrected chi connectivity index (χ4v) is 2.35. The molecule has 1 rings (SSSR count). The molecular weight excluding hydrogens is 246 g/mol. The van der Waals surface area contributed by atoms with Crippen LogP contribution in [0.25, 0.3) is 0 Å². The first-order chi connectivity index (χ1) is 7.87. The van der Waals surface area contributed by atoms with Gasteiger partial charge in [-0.1, -0.05) is 19.1 Å². The number of rotatable bonds is 5. The number of nitro benzene ring substituents is 1. The Morgan fingerprint density at radius 3 is 2.59 bits per heavy atom. The Morgan fingerprint density at radius 2 is 2.06 bits per heavy atom. The molecule has 0 heterocycles. The summed E-state index contributed by atoms with van der Waals surface area (Å²) in [6.45, 7) is 3.21. The highest BCUT2D eigenvalue weighted by molar-refractivity contribution is 7.87. The number of para-hydroxylation sites is 1. The molecule has 0 aliphatic heterocycles. The van der Waals surface area contributed by atoms with E-state index in [0.717, 1.165) is 0 Å². The Labute approximate surface area is 99.5 Å². The van der Waals surface area contributed by atoms with Crippen molar-refractivity contribution >= 4 is 15.8 Å². The monoisotopic (exact) mass is 259 g/mol. The molecule has 0 fully saturated rings. The summed E-state index contributed by atoms with van der Waals surface area (Å²) in [4.78, 5) is 10.2. The van der Waals surface area contributed by atoms with Crippen LogP contribution in [0, 0.1) is 17.0 Å². The first-order valence-electron chi connectivity index (χ1n) is 5.03. The van der Waals surface area contributed by atoms with E-state index in [1.807, 2.05) is 0 Å². The summed E-state index contributed by atoms with van der Waals surface area (Å²) in [7, 11) is -3.76. The maximum absolute atomic E-state index is 11.4. The molecule has 6 nitrogen and oxygen atoms in total. The van der Waals surface area contributed by atoms with Gasteiger partial charge in [0.15, 0.2) is 0 Å². The van der Waals surface area contributed by atoms with Crippen molar-refractivity contribution in [2.75, 3.05) is 5.75 Å². The molecule has 0 saturated carbocycles. The maximum Gasteiger partial charge on any atom is 0.315 e. The first kappa shape index (κ1) is 13.4. The summed E-state index contributed by atoms with van der Waals surface area (Å²) in [5, 5.41) is 10.8. The van der Waals surface area contributed by atoms with Crippen molar-refractivity contribution in [3.05, 3.63) is 33.9 Å². The quantitative estimate of drug-likeness (QED) is 0.458. The minimum absolute atomic E-state index is 0.169. The van der Waals surface area contributed by atoms with E-state index < -0.39 is 15.0 Å². The van der Waals surface area contributed by atoms with Gasteiger partial charge in [-0.05, 0) is 19.4 Å². The standard InChI is InChI=1S/C10H13NO5S/c1-3-7-17(14,15)16-9-6-4-5-8(2)10(9)11(12)13/h4-6H,3,7H2,1-2H3. The van der Waals surface area contributed by atoms with Crippen LogP contribution in [0.3, 0.4) is 0 Å². The van der Waals surface area contributed by atoms with Gasteiger partial charge in [-0.3, -0.25) is 10.1 Å². The largest absolute Gasteiger partial charge is 0.375 e. The van der Waals surface area contributed by atoms with Crippen molar-refractivity contribution in [1.29, 1.82) is 0 Å². The lowest BCUT2D eigenvalue weighted by Crippen LogP contribution is -2.14. The van der Waals surface area contributed by atoms with E-state index in [1.54, 1.807) is 6.92 Å². The molecule has 0 aliphatic carbocycles. The SMILES string of the molecule is CCCS(=O)(=O)Oc1cccc(C)c1[N+](=O)[O-]. The van der Waals surface area contributed by atoms with E-state index in [2.05, 4.69) is 0 Å². The van der Waals surface area contributed by atoms with Crippen LogP contribution in [-0.4, -0.2) is 19.1 Å². The smallest absolute Gasteiger partial charge is 0.315 e. The molecule has 0 atom stereocenters. The number of nitro groups is 1. The molecule has 1 aromatic carbocycles. The molecule has 1 aromatic rings. The second kappa shape index (κ2) is 5.13. The van der Waals surface area contributed by atoms with Crippen LogP contribution in [0.5, 0.6) is 5.75 Å². The van der Waals surface area contributed by atoms with Crippen LogP contribution >= 0.6 is 0 Å². The Kier molecular flexibility index (Phi) is 4.06. The zero-order chi connectivity index (χ0) is 13.1. The fourth-order valence-electron chi connectivity index (χ4n) is 1.36. The molecule has 0 bridgehead atoms. The predicted octanol–water partition coefficient (Wildman–Crippen LogP) is 2.02. The molecule has 0 aliphatic rings. The highest BCUT2D eigenvalue weighted by Crippen LogP contribution is 2.31. The zero-order valence-electron chi connectivity index (χ0n) is 9.54. The van der Waals surface area contributed by atoms with Crippen molar-refractivity contribution in [2.45, 2.75) is 20.3 Å². The highest BCUT2D eigenvalue weighted by Gasteiger charge is 2.22. The molecule has 94 valence electrons. The van der Waals surface area contributed by atoms with Crippen LogP contribution in [-0.2, 0) is 10.1 Å². The van der Waals surface area contributed by atoms with Gasteiger partial charge in [-0.25, -0.2) is 0 Å². The van der Waals surface area contributed by atoms with Crippen molar-refractivity contribution in [2.24, 2.45) is 0 Å². The lowest BCUT2D eigenvalue weighted by atomic mass is 10.2. The molecule has 0 saturated heterocycles. The van der Waals surface area contributed by atoms with E-state index in [-0.39, 0.29) is 17.2 Å². The zero-order valence-corrected chi connectivity index (χ0v) is 10.4. The Balaban J connectivity index is 3.16. The molecule has 7 heteroatoms. The van der Waals surface area contributed by atoms with Gasteiger partial charge in [0, 0.05) is 5.56 Å². The third kappa shape index (κ3) is 3.42. The Hall–Kier alpha value is -1.63. The van der Waals surface area contributed by atoms with E-state index in [9.17, 15) is 18.5 Å². The van der Waals surface area contributed by atoms with Crippen LogP contribution in [0.15, 0.2) is 18.2 Å². The van der Waals surface area contributed by atoms with Crippen LogP contribution in [0.1, 0.15) is 18.9 Å². The summed E-state index contributed by atoms with van der Waals surface area (Å²) in [6.07, 6.45) is 0.391. The molecule has 0 amide bonds. The summed E-state index contributed by atoms with van der Waals surface area (Å²) in [5.74, 6) is -0.401. The predicted molar refractivity (Wildman–Crippen MR) is 62.5 cm³/mol. The number of hydrogen-bond donors (Lipinski definition) is 0. The second-order valence-electron chi connectivity index (χ2n) is 3.52. The maximum atomic E-state index is 11.4. The molecule has 0 unspecified atom stereocenters. The second-order valence-corrected chi connectivity index (χ2v) is 5.21. The Morgan fingerprint density at radius 1 is 1.41 bits per heavy atom. The number of nitrogens with zero attached hydrogens (tertiary/aromatic N) is 1. The minimum Gasteiger partial charge on any atom is -0.375 e. The van der Waals surface area contributed by atoms with Gasteiger partial charge in [0.05, 0.1) is 10.7 Å². The molecule has 0 aromatic heterocycles. The van der Waals surface area contributed by atoms with Crippen molar-refractivity contribution in [1.82, 2.24) is 0 Å². The van der Waals surface area contributed by atoms with Crippen molar-refractivity contribution in [3.8, 4) is 5.75 Å². The van der Waals surface area contributed by atoms with E-state index in [0.29, 0.717) is 12.0 Å². The average molecular weight is 259 g/mol. The molecule has 0 radical (unpaired) electrons. The molecule has 0 N–H and O–H groups in total. The van der Waals surface area contributed by atoms with Gasteiger partial charge < -0.3 is 4.18 Å². The average Bonchev–Trinajstić information content (AvgIpc) is 2.15. The van der Waals surface area contributed by atoms with Gasteiger partial charge >= 0.3 is 15.8 Å². The highest BCUT2D eigenvalue weighted by atomic mass is 32.2. The Bertz CT molecular complexity index is 523. The van der Waals surface area contributed by atoms with Gasteiger partial charge in [-0.15, -0.1) is 0 Å². The molecular formula is C10H13NO5S.